The van der Waals surface area contributed by atoms with E-state index in [9.17, 15) is 4.79 Å². The Bertz CT molecular complexity index is 1010. The van der Waals surface area contributed by atoms with Crippen LogP contribution in [-0.4, -0.2) is 16.0 Å². The second-order valence-corrected chi connectivity index (χ2v) is 5.35. The Morgan fingerprint density at radius 3 is 2.62 bits per heavy atom. The highest BCUT2D eigenvalue weighted by atomic mass is 16.5. The molecule has 116 valence electrons. The molecule has 0 saturated carbocycles. The molecule has 4 aromatic rings. The summed E-state index contributed by atoms with van der Waals surface area (Å²) in [5.41, 5.74) is 3.82. The van der Waals surface area contributed by atoms with Crippen LogP contribution in [0.1, 0.15) is 0 Å². The zero-order valence-corrected chi connectivity index (χ0v) is 12.8. The van der Waals surface area contributed by atoms with Gasteiger partial charge in [-0.2, -0.15) is 0 Å². The first-order valence-electron chi connectivity index (χ1n) is 7.59. The number of benzene rings is 2. The van der Waals surface area contributed by atoms with E-state index in [0.717, 1.165) is 27.8 Å². The van der Waals surface area contributed by atoms with Crippen molar-refractivity contribution >= 4 is 17.4 Å². The van der Waals surface area contributed by atoms with Gasteiger partial charge in [-0.15, -0.1) is 0 Å². The Hall–Kier alpha value is -3.40. The van der Waals surface area contributed by atoms with E-state index in [1.54, 1.807) is 12.3 Å². The summed E-state index contributed by atoms with van der Waals surface area (Å²) in [4.78, 5) is 15.1. The van der Waals surface area contributed by atoms with Gasteiger partial charge in [-0.25, -0.2) is 0 Å². The van der Waals surface area contributed by atoms with Gasteiger partial charge in [0.25, 0.3) is 6.47 Å². The van der Waals surface area contributed by atoms with Crippen molar-refractivity contribution in [3.05, 3.63) is 79.1 Å². The zero-order valence-electron chi connectivity index (χ0n) is 12.8. The fourth-order valence-corrected chi connectivity index (χ4v) is 2.95. The highest BCUT2D eigenvalue weighted by Gasteiger charge is 2.15. The van der Waals surface area contributed by atoms with E-state index in [0.29, 0.717) is 12.2 Å². The predicted molar refractivity (Wildman–Crippen MR) is 93.2 cm³/mol. The van der Waals surface area contributed by atoms with Crippen LogP contribution in [0.15, 0.2) is 79.1 Å². The quantitative estimate of drug-likeness (QED) is 0.530. The molecule has 0 spiro atoms. The second-order valence-electron chi connectivity index (χ2n) is 5.35. The normalized spacial score (nSPS) is 10.7. The maximum absolute atomic E-state index is 10.8. The van der Waals surface area contributed by atoms with Crippen molar-refractivity contribution in [1.29, 1.82) is 0 Å². The smallest absolute Gasteiger partial charge is 0.298 e. The van der Waals surface area contributed by atoms with E-state index in [2.05, 4.69) is 27.8 Å². The van der Waals surface area contributed by atoms with Gasteiger partial charge in [0.15, 0.2) is 0 Å². The van der Waals surface area contributed by atoms with E-state index < -0.39 is 0 Å². The molecule has 0 aliphatic carbocycles. The average molecular weight is 314 g/mol. The molecule has 0 bridgehead atoms. The Morgan fingerprint density at radius 1 is 0.958 bits per heavy atom. The first-order valence-corrected chi connectivity index (χ1v) is 7.59. The van der Waals surface area contributed by atoms with Crippen LogP contribution in [-0.2, 0) is 4.79 Å². The van der Waals surface area contributed by atoms with Crippen LogP contribution in [0.3, 0.4) is 0 Å². The van der Waals surface area contributed by atoms with Gasteiger partial charge in [0, 0.05) is 17.1 Å². The van der Waals surface area contributed by atoms with Gasteiger partial charge in [0.2, 0.25) is 0 Å². The standard InChI is InChI=1S/C20H14N2O2/c23-14-24-20-10-4-2-8-17(20)19-12-15-6-1-3-9-18(15)22(19)16-7-5-11-21-13-16/h1-14H. The third-order valence-corrected chi connectivity index (χ3v) is 3.95. The highest BCUT2D eigenvalue weighted by molar-refractivity contribution is 5.90. The lowest BCUT2D eigenvalue weighted by Crippen LogP contribution is -1.99. The molecule has 4 rings (SSSR count). The number of rotatable bonds is 4. The molecule has 2 aromatic carbocycles. The lowest BCUT2D eigenvalue weighted by atomic mass is 10.1. The lowest BCUT2D eigenvalue weighted by Gasteiger charge is -2.12. The van der Waals surface area contributed by atoms with Crippen molar-refractivity contribution in [1.82, 2.24) is 9.55 Å². The number of carbonyl (C=O) groups is 1. The molecule has 4 nitrogen and oxygen atoms in total. The first-order chi connectivity index (χ1) is 11.9. The number of carbonyl (C=O) groups excluding carboxylic acids is 1. The Morgan fingerprint density at radius 2 is 1.79 bits per heavy atom. The summed E-state index contributed by atoms with van der Waals surface area (Å²) in [6.45, 7) is 0.454. The molecule has 0 fully saturated rings. The molecule has 2 aromatic heterocycles. The molecular weight excluding hydrogens is 300 g/mol. The average Bonchev–Trinajstić information content (AvgIpc) is 3.02. The van der Waals surface area contributed by atoms with Crippen molar-refractivity contribution < 1.29 is 9.53 Å². The van der Waals surface area contributed by atoms with Gasteiger partial charge in [-0.1, -0.05) is 30.3 Å². The number of aromatic nitrogens is 2. The van der Waals surface area contributed by atoms with Crippen LogP contribution in [0.2, 0.25) is 0 Å². The van der Waals surface area contributed by atoms with E-state index in [4.69, 9.17) is 4.74 Å². The molecule has 0 unspecified atom stereocenters. The summed E-state index contributed by atoms with van der Waals surface area (Å²) >= 11 is 0. The van der Waals surface area contributed by atoms with Crippen LogP contribution < -0.4 is 4.74 Å². The minimum atomic E-state index is 0.454. The van der Waals surface area contributed by atoms with Crippen molar-refractivity contribution in [2.24, 2.45) is 0 Å². The van der Waals surface area contributed by atoms with Gasteiger partial charge in [0.05, 0.1) is 23.1 Å². The fourth-order valence-electron chi connectivity index (χ4n) is 2.95. The third kappa shape index (κ3) is 2.34. The number of hydrogen-bond acceptors (Lipinski definition) is 3. The number of ether oxygens (including phenoxy) is 1. The Kier molecular flexibility index (Phi) is 3.56. The number of hydrogen-bond donors (Lipinski definition) is 0. The van der Waals surface area contributed by atoms with Gasteiger partial charge in [-0.3, -0.25) is 9.78 Å². The van der Waals surface area contributed by atoms with Crippen molar-refractivity contribution in [3.63, 3.8) is 0 Å². The third-order valence-electron chi connectivity index (χ3n) is 3.95. The molecule has 0 atom stereocenters. The van der Waals surface area contributed by atoms with E-state index in [1.165, 1.54) is 0 Å². The van der Waals surface area contributed by atoms with Gasteiger partial charge >= 0.3 is 0 Å². The largest absolute Gasteiger partial charge is 0.428 e. The molecule has 2 heterocycles. The molecule has 0 aliphatic heterocycles. The molecular formula is C20H14N2O2. The summed E-state index contributed by atoms with van der Waals surface area (Å²) in [5.74, 6) is 0.528. The van der Waals surface area contributed by atoms with Gasteiger partial charge in [0.1, 0.15) is 5.75 Å². The minimum Gasteiger partial charge on any atom is -0.428 e. The van der Waals surface area contributed by atoms with Crippen molar-refractivity contribution in [2.45, 2.75) is 0 Å². The Balaban J connectivity index is 2.05. The van der Waals surface area contributed by atoms with E-state index >= 15 is 0 Å². The summed E-state index contributed by atoms with van der Waals surface area (Å²) < 4.78 is 7.29. The second kappa shape index (κ2) is 6.01. The first kappa shape index (κ1) is 14.2. The number of fused-ring (bicyclic) bond motifs is 1. The minimum absolute atomic E-state index is 0.454. The van der Waals surface area contributed by atoms with E-state index in [1.807, 2.05) is 48.7 Å². The number of para-hydroxylation sites is 2. The molecule has 4 heteroatoms. The summed E-state index contributed by atoms with van der Waals surface area (Å²) in [7, 11) is 0. The topological polar surface area (TPSA) is 44.1 Å². The highest BCUT2D eigenvalue weighted by Crippen LogP contribution is 2.36. The van der Waals surface area contributed by atoms with E-state index in [-0.39, 0.29) is 0 Å². The molecule has 0 amide bonds. The summed E-state index contributed by atoms with van der Waals surface area (Å²) in [6.07, 6.45) is 3.57. The van der Waals surface area contributed by atoms with Gasteiger partial charge < -0.3 is 9.30 Å². The molecule has 0 N–H and O–H groups in total. The lowest BCUT2D eigenvalue weighted by molar-refractivity contribution is -0.120. The number of pyridine rings is 1. The van der Waals surface area contributed by atoms with Crippen molar-refractivity contribution in [2.75, 3.05) is 0 Å². The molecule has 0 aliphatic rings. The molecule has 0 saturated heterocycles. The fraction of sp³-hybridized carbons (Fsp3) is 0. The van der Waals surface area contributed by atoms with Crippen LogP contribution >= 0.6 is 0 Å². The molecule has 24 heavy (non-hydrogen) atoms. The van der Waals surface area contributed by atoms with Crippen LogP contribution in [0, 0.1) is 0 Å². The van der Waals surface area contributed by atoms with Crippen LogP contribution in [0.4, 0.5) is 0 Å². The maximum atomic E-state index is 10.8. The monoisotopic (exact) mass is 314 g/mol. The Labute approximate surface area is 139 Å². The van der Waals surface area contributed by atoms with Crippen molar-refractivity contribution in [3.8, 4) is 22.7 Å². The summed E-state index contributed by atoms with van der Waals surface area (Å²) in [6, 6.07) is 21.7. The zero-order chi connectivity index (χ0) is 16.4. The SMILES string of the molecule is O=COc1ccccc1-c1cc2ccccc2n1-c1cccnc1. The molecule has 0 radical (unpaired) electrons. The van der Waals surface area contributed by atoms with Crippen LogP contribution in [0.25, 0.3) is 27.8 Å². The number of nitrogens with zero attached hydrogens (tertiary/aromatic N) is 2. The maximum Gasteiger partial charge on any atom is 0.298 e. The van der Waals surface area contributed by atoms with Gasteiger partial charge in [-0.05, 0) is 36.4 Å². The van der Waals surface area contributed by atoms with Crippen LogP contribution in [0.5, 0.6) is 5.75 Å². The predicted octanol–water partition coefficient (Wildman–Crippen LogP) is 4.23. The summed E-state index contributed by atoms with van der Waals surface area (Å²) in [5, 5.41) is 1.11.